The first kappa shape index (κ1) is 13.0. The molecule has 2 aromatic carbocycles. The largest absolute Gasteiger partial charge is 0.237 e. The van der Waals surface area contributed by atoms with Crippen molar-refractivity contribution < 1.29 is 0 Å². The monoisotopic (exact) mass is 305 g/mol. The summed E-state index contributed by atoms with van der Waals surface area (Å²) in [7, 11) is 0. The number of halogens is 1. The van der Waals surface area contributed by atoms with Gasteiger partial charge in [0.1, 0.15) is 5.69 Å². The summed E-state index contributed by atoms with van der Waals surface area (Å²) < 4.78 is 1.86. The maximum atomic E-state index is 5.97. The van der Waals surface area contributed by atoms with Gasteiger partial charge in [-0.05, 0) is 36.4 Å². The molecule has 0 aliphatic carbocycles. The van der Waals surface area contributed by atoms with Crippen molar-refractivity contribution in [2.45, 2.75) is 0 Å². The number of hydrogen-bond acceptors (Lipinski definition) is 2. The molecule has 4 heteroatoms. The van der Waals surface area contributed by atoms with E-state index < -0.39 is 0 Å². The highest BCUT2D eigenvalue weighted by Crippen LogP contribution is 2.28. The zero-order valence-corrected chi connectivity index (χ0v) is 12.4. The summed E-state index contributed by atoms with van der Waals surface area (Å²) in [5, 5.41) is 6.51. The van der Waals surface area contributed by atoms with Crippen LogP contribution in [0.2, 0.25) is 5.02 Å². The predicted molar refractivity (Wildman–Crippen MR) is 89.3 cm³/mol. The van der Waals surface area contributed by atoms with Crippen LogP contribution in [0.25, 0.3) is 28.0 Å². The van der Waals surface area contributed by atoms with Gasteiger partial charge in [-0.25, -0.2) is 9.67 Å². The highest BCUT2D eigenvalue weighted by Gasteiger charge is 2.13. The number of pyridine rings is 1. The van der Waals surface area contributed by atoms with Gasteiger partial charge in [0.2, 0.25) is 0 Å². The molecule has 0 amide bonds. The zero-order valence-electron chi connectivity index (χ0n) is 11.6. The molecule has 0 atom stereocenters. The number of aromatic nitrogens is 3. The molecule has 4 rings (SSSR count). The van der Waals surface area contributed by atoms with E-state index in [2.05, 4.69) is 17.1 Å². The second kappa shape index (κ2) is 5.28. The number of nitrogens with zero attached hydrogens (tertiary/aromatic N) is 3. The van der Waals surface area contributed by atoms with Crippen LogP contribution in [-0.4, -0.2) is 14.8 Å². The van der Waals surface area contributed by atoms with Gasteiger partial charge in [-0.1, -0.05) is 41.9 Å². The van der Waals surface area contributed by atoms with E-state index in [1.165, 1.54) is 0 Å². The van der Waals surface area contributed by atoms with Gasteiger partial charge in [0.15, 0.2) is 5.65 Å². The quantitative estimate of drug-likeness (QED) is 0.535. The molecule has 0 aliphatic heterocycles. The molecule has 4 aromatic rings. The fraction of sp³-hybridized carbons (Fsp3) is 0. The lowest BCUT2D eigenvalue weighted by atomic mass is 10.1. The van der Waals surface area contributed by atoms with Gasteiger partial charge in [0.05, 0.1) is 5.69 Å². The molecule has 2 aromatic heterocycles. The zero-order chi connectivity index (χ0) is 14.9. The summed E-state index contributed by atoms with van der Waals surface area (Å²) in [5.41, 5.74) is 3.78. The molecule has 3 nitrogen and oxygen atoms in total. The smallest absolute Gasteiger partial charge is 0.163 e. The first-order chi connectivity index (χ1) is 10.8. The molecule has 0 aliphatic rings. The second-order valence-corrected chi connectivity index (χ2v) is 5.41. The highest BCUT2D eigenvalue weighted by atomic mass is 35.5. The lowest BCUT2D eigenvalue weighted by molar-refractivity contribution is 0.901. The number of fused-ring (bicyclic) bond motifs is 1. The van der Waals surface area contributed by atoms with E-state index >= 15 is 0 Å². The van der Waals surface area contributed by atoms with Crippen molar-refractivity contribution in [1.82, 2.24) is 14.8 Å². The minimum absolute atomic E-state index is 0.705. The Labute approximate surface area is 132 Å². The van der Waals surface area contributed by atoms with Crippen LogP contribution in [0.1, 0.15) is 0 Å². The summed E-state index contributed by atoms with van der Waals surface area (Å²) in [6.45, 7) is 0. The van der Waals surface area contributed by atoms with Crippen LogP contribution >= 0.6 is 11.6 Å². The van der Waals surface area contributed by atoms with Crippen molar-refractivity contribution in [3.63, 3.8) is 0 Å². The average Bonchev–Trinajstić information content (AvgIpc) is 2.96. The van der Waals surface area contributed by atoms with Gasteiger partial charge in [-0.2, -0.15) is 5.10 Å². The van der Waals surface area contributed by atoms with E-state index in [0.717, 1.165) is 28.0 Å². The highest BCUT2D eigenvalue weighted by molar-refractivity contribution is 6.30. The number of benzene rings is 2. The Bertz CT molecular complexity index is 928. The van der Waals surface area contributed by atoms with Crippen LogP contribution in [0, 0.1) is 0 Å². The molecule has 22 heavy (non-hydrogen) atoms. The van der Waals surface area contributed by atoms with E-state index in [0.29, 0.717) is 5.02 Å². The minimum atomic E-state index is 0.705. The molecule has 0 saturated heterocycles. The molecular weight excluding hydrogens is 294 g/mol. The molecule has 0 saturated carbocycles. The fourth-order valence-corrected chi connectivity index (χ4v) is 2.65. The lowest BCUT2D eigenvalue weighted by Crippen LogP contribution is -1.97. The maximum Gasteiger partial charge on any atom is 0.163 e. The normalized spacial score (nSPS) is 11.0. The predicted octanol–water partition coefficient (Wildman–Crippen LogP) is 4.74. The Morgan fingerprint density at radius 1 is 0.818 bits per heavy atom. The third kappa shape index (κ3) is 2.16. The molecule has 0 N–H and O–H groups in total. The van der Waals surface area contributed by atoms with Crippen LogP contribution in [0.5, 0.6) is 0 Å². The van der Waals surface area contributed by atoms with E-state index in [-0.39, 0.29) is 0 Å². The average molecular weight is 306 g/mol. The van der Waals surface area contributed by atoms with E-state index in [1.807, 2.05) is 59.3 Å². The Morgan fingerprint density at radius 3 is 2.36 bits per heavy atom. The minimum Gasteiger partial charge on any atom is -0.237 e. The molecule has 0 radical (unpaired) electrons. The van der Waals surface area contributed by atoms with E-state index in [4.69, 9.17) is 16.7 Å². The van der Waals surface area contributed by atoms with Crippen molar-refractivity contribution in [1.29, 1.82) is 0 Å². The Hall–Kier alpha value is -2.65. The third-order valence-corrected chi connectivity index (χ3v) is 3.81. The topological polar surface area (TPSA) is 30.7 Å². The SMILES string of the molecule is Clc1ccc(-n2nc(-c3ccccc3)c3cccnc32)cc1. The van der Waals surface area contributed by atoms with Crippen molar-refractivity contribution in [3.05, 3.63) is 77.9 Å². The Morgan fingerprint density at radius 2 is 1.59 bits per heavy atom. The lowest BCUT2D eigenvalue weighted by Gasteiger charge is -2.02. The van der Waals surface area contributed by atoms with Gasteiger partial charge in [-0.15, -0.1) is 0 Å². The van der Waals surface area contributed by atoms with Crippen LogP contribution in [0.4, 0.5) is 0 Å². The van der Waals surface area contributed by atoms with Gasteiger partial charge < -0.3 is 0 Å². The summed E-state index contributed by atoms with van der Waals surface area (Å²) in [6.07, 6.45) is 1.78. The van der Waals surface area contributed by atoms with Crippen molar-refractivity contribution in [3.8, 4) is 16.9 Å². The Kier molecular flexibility index (Phi) is 3.13. The molecule has 106 valence electrons. The van der Waals surface area contributed by atoms with E-state index in [9.17, 15) is 0 Å². The first-order valence-electron chi connectivity index (χ1n) is 6.98. The molecule has 2 heterocycles. The van der Waals surface area contributed by atoms with Gasteiger partial charge in [0.25, 0.3) is 0 Å². The first-order valence-corrected chi connectivity index (χ1v) is 7.36. The molecule has 0 bridgehead atoms. The van der Waals surface area contributed by atoms with Crippen LogP contribution < -0.4 is 0 Å². The van der Waals surface area contributed by atoms with Crippen molar-refractivity contribution in [2.24, 2.45) is 0 Å². The van der Waals surface area contributed by atoms with E-state index in [1.54, 1.807) is 6.20 Å². The molecular formula is C18H12ClN3. The molecule has 0 fully saturated rings. The second-order valence-electron chi connectivity index (χ2n) is 4.98. The molecule has 0 unspecified atom stereocenters. The van der Waals surface area contributed by atoms with Crippen molar-refractivity contribution in [2.75, 3.05) is 0 Å². The standard InChI is InChI=1S/C18H12ClN3/c19-14-8-10-15(11-9-14)22-18-16(7-4-12-20-18)17(21-22)13-5-2-1-3-6-13/h1-12H. The third-order valence-electron chi connectivity index (χ3n) is 3.56. The van der Waals surface area contributed by atoms with Crippen LogP contribution in [-0.2, 0) is 0 Å². The fourth-order valence-electron chi connectivity index (χ4n) is 2.52. The summed E-state index contributed by atoms with van der Waals surface area (Å²) in [4.78, 5) is 4.49. The summed E-state index contributed by atoms with van der Waals surface area (Å²) in [6, 6.07) is 21.7. The van der Waals surface area contributed by atoms with Crippen LogP contribution in [0.15, 0.2) is 72.9 Å². The van der Waals surface area contributed by atoms with Gasteiger partial charge >= 0.3 is 0 Å². The van der Waals surface area contributed by atoms with Gasteiger partial charge in [0, 0.05) is 22.2 Å². The molecule has 0 spiro atoms. The van der Waals surface area contributed by atoms with Crippen molar-refractivity contribution >= 4 is 22.6 Å². The maximum absolute atomic E-state index is 5.97. The Balaban J connectivity index is 1.99. The van der Waals surface area contributed by atoms with Crippen LogP contribution in [0.3, 0.4) is 0 Å². The van der Waals surface area contributed by atoms with Gasteiger partial charge in [-0.3, -0.25) is 0 Å². The summed E-state index contributed by atoms with van der Waals surface area (Å²) in [5.74, 6) is 0. The number of rotatable bonds is 2. The summed E-state index contributed by atoms with van der Waals surface area (Å²) >= 11 is 5.97. The number of hydrogen-bond donors (Lipinski definition) is 0.